The molecule has 0 aliphatic rings. The number of carbonyl (C=O) groups excluding carboxylic acids is 1. The normalized spacial score (nSPS) is 11.9. The molecule has 4 rings (SSSR count). The van der Waals surface area contributed by atoms with Gasteiger partial charge in [0.25, 0.3) is 0 Å². The highest BCUT2D eigenvalue weighted by molar-refractivity contribution is 5.92. The van der Waals surface area contributed by atoms with Gasteiger partial charge in [-0.3, -0.25) is 4.79 Å². The summed E-state index contributed by atoms with van der Waals surface area (Å²) in [5.74, 6) is 0.522. The fourth-order valence-electron chi connectivity index (χ4n) is 3.41. The molecule has 6 heteroatoms. The van der Waals surface area contributed by atoms with E-state index in [0.717, 1.165) is 21.9 Å². The van der Waals surface area contributed by atoms with Gasteiger partial charge in [0.1, 0.15) is 5.75 Å². The molecule has 0 saturated heterocycles. The summed E-state index contributed by atoms with van der Waals surface area (Å²) in [6, 6.07) is 24.7. The van der Waals surface area contributed by atoms with Crippen molar-refractivity contribution in [3.8, 4) is 11.6 Å². The van der Waals surface area contributed by atoms with E-state index < -0.39 is 12.0 Å². The molecule has 4 aromatic rings. The topological polar surface area (TPSA) is 97.5 Å². The van der Waals surface area contributed by atoms with Crippen molar-refractivity contribution in [1.29, 1.82) is 0 Å². The molecular formula is C25H23N3O3. The van der Waals surface area contributed by atoms with Crippen molar-refractivity contribution in [3.05, 3.63) is 102 Å². The van der Waals surface area contributed by atoms with Crippen molar-refractivity contribution in [2.24, 2.45) is 5.73 Å². The lowest BCUT2D eigenvalue weighted by molar-refractivity contribution is 0.1000. The van der Waals surface area contributed by atoms with Gasteiger partial charge in [-0.2, -0.15) is 0 Å². The largest absolute Gasteiger partial charge is 0.438 e. The highest BCUT2D eigenvalue weighted by atomic mass is 16.5. The molecule has 0 radical (unpaired) electrons. The molecule has 156 valence electrons. The second kappa shape index (κ2) is 9.38. The molecule has 1 unspecified atom stereocenters. The first-order chi connectivity index (χ1) is 15.1. The van der Waals surface area contributed by atoms with E-state index in [1.165, 1.54) is 6.20 Å². The summed E-state index contributed by atoms with van der Waals surface area (Å²) < 4.78 is 5.96. The molecular weight excluding hydrogens is 390 g/mol. The Morgan fingerprint density at radius 3 is 2.42 bits per heavy atom. The number of benzene rings is 3. The minimum absolute atomic E-state index is 0.330. The smallest absolute Gasteiger partial charge is 0.250 e. The molecule has 1 atom stereocenters. The lowest BCUT2D eigenvalue weighted by Gasteiger charge is -2.15. The second-order valence-corrected chi connectivity index (χ2v) is 7.18. The Balaban J connectivity index is 1.49. The molecule has 0 aliphatic carbocycles. The van der Waals surface area contributed by atoms with Gasteiger partial charge in [-0.25, -0.2) is 4.98 Å². The quantitative estimate of drug-likeness (QED) is 0.406. The van der Waals surface area contributed by atoms with Crippen LogP contribution in [0.2, 0.25) is 0 Å². The van der Waals surface area contributed by atoms with Crippen LogP contribution in [0.5, 0.6) is 11.6 Å². The lowest BCUT2D eigenvalue weighted by Crippen LogP contribution is -2.21. The number of nitrogens with one attached hydrogen (secondary N) is 1. The zero-order valence-corrected chi connectivity index (χ0v) is 16.9. The molecule has 6 nitrogen and oxygen atoms in total. The predicted molar refractivity (Wildman–Crippen MR) is 120 cm³/mol. The molecule has 0 spiro atoms. The minimum Gasteiger partial charge on any atom is -0.438 e. The van der Waals surface area contributed by atoms with Crippen LogP contribution in [-0.2, 0) is 6.54 Å². The van der Waals surface area contributed by atoms with Gasteiger partial charge in [0.05, 0.1) is 11.7 Å². The van der Waals surface area contributed by atoms with Crippen LogP contribution in [0.4, 0.5) is 0 Å². The first-order valence-electron chi connectivity index (χ1n) is 10.00. The number of hydrogen-bond acceptors (Lipinski definition) is 5. The Bertz CT molecular complexity index is 1180. The Labute approximate surface area is 180 Å². The third-order valence-corrected chi connectivity index (χ3v) is 5.05. The molecule has 1 heterocycles. The van der Waals surface area contributed by atoms with Gasteiger partial charge in [0.15, 0.2) is 0 Å². The summed E-state index contributed by atoms with van der Waals surface area (Å²) in [4.78, 5) is 15.4. The number of carbonyl (C=O) groups is 1. The van der Waals surface area contributed by atoms with Gasteiger partial charge in [-0.1, -0.05) is 60.7 Å². The van der Waals surface area contributed by atoms with Gasteiger partial charge in [0, 0.05) is 30.7 Å². The number of ether oxygens (including phenoxy) is 1. The number of aliphatic hydroxyl groups is 1. The van der Waals surface area contributed by atoms with Crippen molar-refractivity contribution in [3.63, 3.8) is 0 Å². The zero-order valence-electron chi connectivity index (χ0n) is 16.9. The molecule has 3 aromatic carbocycles. The van der Waals surface area contributed by atoms with Crippen LogP contribution in [0.25, 0.3) is 10.8 Å². The number of nitrogens with two attached hydrogens (primary N) is 1. The maximum absolute atomic E-state index is 11.2. The SMILES string of the molecule is NC(=O)c1ccc(Oc2ccc(CNCC(O)c3ccccc3)c3ccccc23)nc1. The van der Waals surface area contributed by atoms with Crippen molar-refractivity contribution < 1.29 is 14.6 Å². The molecule has 4 N–H and O–H groups in total. The number of aromatic nitrogens is 1. The number of fused-ring (bicyclic) bond motifs is 1. The van der Waals surface area contributed by atoms with Crippen LogP contribution in [0.1, 0.15) is 27.6 Å². The first kappa shape index (κ1) is 20.5. The number of rotatable bonds is 8. The molecule has 0 saturated carbocycles. The molecule has 0 bridgehead atoms. The highest BCUT2D eigenvalue weighted by Crippen LogP contribution is 2.31. The number of hydrogen-bond donors (Lipinski definition) is 3. The Morgan fingerprint density at radius 1 is 0.968 bits per heavy atom. The third-order valence-electron chi connectivity index (χ3n) is 5.05. The Kier molecular flexibility index (Phi) is 6.21. The summed E-state index contributed by atoms with van der Waals surface area (Å²) in [7, 11) is 0. The Morgan fingerprint density at radius 2 is 1.71 bits per heavy atom. The number of pyridine rings is 1. The molecule has 1 amide bonds. The maximum atomic E-state index is 11.2. The molecule has 31 heavy (non-hydrogen) atoms. The van der Waals surface area contributed by atoms with Gasteiger partial charge in [-0.05, 0) is 28.6 Å². The number of aliphatic hydroxyl groups excluding tert-OH is 1. The standard InChI is InChI=1S/C25H23N3O3/c26-25(30)19-11-13-24(28-15-19)31-23-12-10-18(20-8-4-5-9-21(20)23)14-27-16-22(29)17-6-2-1-3-7-17/h1-13,15,22,27,29H,14,16H2,(H2,26,30). The van der Waals surface area contributed by atoms with Gasteiger partial charge in [-0.15, -0.1) is 0 Å². The highest BCUT2D eigenvalue weighted by Gasteiger charge is 2.11. The van der Waals surface area contributed by atoms with E-state index in [9.17, 15) is 9.90 Å². The summed E-state index contributed by atoms with van der Waals surface area (Å²) in [5.41, 5.74) is 7.57. The van der Waals surface area contributed by atoms with Crippen LogP contribution in [0.15, 0.2) is 85.1 Å². The van der Waals surface area contributed by atoms with E-state index in [2.05, 4.69) is 10.3 Å². The van der Waals surface area contributed by atoms with E-state index in [-0.39, 0.29) is 0 Å². The summed E-state index contributed by atoms with van der Waals surface area (Å²) in [6.45, 7) is 1.06. The minimum atomic E-state index is -0.565. The maximum Gasteiger partial charge on any atom is 0.250 e. The van der Waals surface area contributed by atoms with Crippen LogP contribution in [0, 0.1) is 0 Å². The fraction of sp³-hybridized carbons (Fsp3) is 0.120. The number of primary amides is 1. The third kappa shape index (κ3) is 4.88. The second-order valence-electron chi connectivity index (χ2n) is 7.18. The summed E-state index contributed by atoms with van der Waals surface area (Å²) >= 11 is 0. The van der Waals surface area contributed by atoms with Crippen LogP contribution in [0.3, 0.4) is 0 Å². The first-order valence-corrected chi connectivity index (χ1v) is 10.00. The van der Waals surface area contributed by atoms with Crippen LogP contribution >= 0.6 is 0 Å². The van der Waals surface area contributed by atoms with Gasteiger partial charge >= 0.3 is 0 Å². The average molecular weight is 413 g/mol. The summed E-state index contributed by atoms with van der Waals surface area (Å²) in [6.07, 6.45) is 0.834. The van der Waals surface area contributed by atoms with Gasteiger partial charge < -0.3 is 20.9 Å². The van der Waals surface area contributed by atoms with Gasteiger partial charge in [0.2, 0.25) is 11.8 Å². The number of nitrogens with zero attached hydrogens (tertiary/aromatic N) is 1. The fourth-order valence-corrected chi connectivity index (χ4v) is 3.41. The number of amides is 1. The van der Waals surface area contributed by atoms with Crippen LogP contribution in [-0.4, -0.2) is 22.5 Å². The van der Waals surface area contributed by atoms with E-state index in [1.807, 2.05) is 66.7 Å². The van der Waals surface area contributed by atoms with E-state index in [0.29, 0.717) is 30.3 Å². The van der Waals surface area contributed by atoms with E-state index >= 15 is 0 Å². The zero-order chi connectivity index (χ0) is 21.6. The van der Waals surface area contributed by atoms with Crippen molar-refractivity contribution in [2.75, 3.05) is 6.54 Å². The summed E-state index contributed by atoms with van der Waals surface area (Å²) in [5, 5.41) is 15.7. The van der Waals surface area contributed by atoms with E-state index in [1.54, 1.807) is 12.1 Å². The lowest BCUT2D eigenvalue weighted by atomic mass is 10.0. The van der Waals surface area contributed by atoms with Crippen molar-refractivity contribution in [1.82, 2.24) is 10.3 Å². The predicted octanol–water partition coefficient (Wildman–Crippen LogP) is 3.95. The molecule has 0 fully saturated rings. The van der Waals surface area contributed by atoms with Crippen molar-refractivity contribution in [2.45, 2.75) is 12.6 Å². The van der Waals surface area contributed by atoms with Crippen LogP contribution < -0.4 is 15.8 Å². The monoisotopic (exact) mass is 413 g/mol. The van der Waals surface area contributed by atoms with Crippen molar-refractivity contribution >= 4 is 16.7 Å². The molecule has 0 aliphatic heterocycles. The van der Waals surface area contributed by atoms with E-state index in [4.69, 9.17) is 10.5 Å². The Hall–Kier alpha value is -3.74. The molecule has 1 aromatic heterocycles. The average Bonchev–Trinajstić information content (AvgIpc) is 2.81.